The van der Waals surface area contributed by atoms with Gasteiger partial charge in [-0.25, -0.2) is 0 Å². The second-order valence-electron chi connectivity index (χ2n) is 6.52. The summed E-state index contributed by atoms with van der Waals surface area (Å²) < 4.78 is 10.4. The van der Waals surface area contributed by atoms with Crippen molar-refractivity contribution in [2.75, 3.05) is 13.2 Å². The van der Waals surface area contributed by atoms with Crippen LogP contribution in [0.25, 0.3) is 0 Å². The van der Waals surface area contributed by atoms with Crippen molar-refractivity contribution in [3.63, 3.8) is 0 Å². The Labute approximate surface area is 127 Å². The lowest BCUT2D eigenvalue weighted by Crippen LogP contribution is -2.26. The molecule has 0 aromatic heterocycles. The predicted molar refractivity (Wildman–Crippen MR) is 82.4 cm³/mol. The summed E-state index contributed by atoms with van der Waals surface area (Å²) in [6.45, 7) is 10.0. The molecule has 0 saturated carbocycles. The lowest BCUT2D eigenvalue weighted by atomic mass is 9.87. The fourth-order valence-electron chi connectivity index (χ4n) is 1.64. The van der Waals surface area contributed by atoms with Gasteiger partial charge in [0.2, 0.25) is 0 Å². The Morgan fingerprint density at radius 3 is 2.19 bits per heavy atom. The van der Waals surface area contributed by atoms with Crippen LogP contribution in [0.1, 0.15) is 40.2 Å². The summed E-state index contributed by atoms with van der Waals surface area (Å²) in [5.41, 5.74) is 1.32. The Kier molecular flexibility index (Phi) is 6.21. The molecule has 0 bridgehead atoms. The zero-order valence-electron chi connectivity index (χ0n) is 13.6. The molecule has 4 nitrogen and oxygen atoms in total. The zero-order valence-corrected chi connectivity index (χ0v) is 13.6. The second-order valence-corrected chi connectivity index (χ2v) is 6.52. The summed E-state index contributed by atoms with van der Waals surface area (Å²) in [5.74, 6) is 0.184. The van der Waals surface area contributed by atoms with E-state index in [9.17, 15) is 9.90 Å². The molecule has 1 rings (SSSR count). The lowest BCUT2D eigenvalue weighted by Gasteiger charge is -2.19. The van der Waals surface area contributed by atoms with Crippen LogP contribution in [0, 0.1) is 5.92 Å². The number of carbonyl (C=O) groups is 1. The molecule has 0 aliphatic carbocycles. The Morgan fingerprint density at radius 2 is 1.71 bits per heavy atom. The van der Waals surface area contributed by atoms with E-state index in [1.54, 1.807) is 13.8 Å². The van der Waals surface area contributed by atoms with E-state index in [0.717, 1.165) is 0 Å². The fourth-order valence-corrected chi connectivity index (χ4v) is 1.64. The SMILES string of the molecule is CC(C)C(=O)OCC(O)COc1ccc(C(C)(C)C)cc1. The van der Waals surface area contributed by atoms with Gasteiger partial charge in [0.1, 0.15) is 25.1 Å². The van der Waals surface area contributed by atoms with Gasteiger partial charge in [-0.3, -0.25) is 4.79 Å². The summed E-state index contributed by atoms with van der Waals surface area (Å²) in [6, 6.07) is 7.79. The fraction of sp³-hybridized carbons (Fsp3) is 0.588. The van der Waals surface area contributed by atoms with Gasteiger partial charge in [-0.1, -0.05) is 46.8 Å². The number of hydrogen-bond donors (Lipinski definition) is 1. The van der Waals surface area contributed by atoms with Crippen molar-refractivity contribution >= 4 is 5.97 Å². The Bertz CT molecular complexity index is 443. The van der Waals surface area contributed by atoms with Gasteiger partial charge in [-0.05, 0) is 23.1 Å². The highest BCUT2D eigenvalue weighted by Crippen LogP contribution is 2.24. The molecule has 0 fully saturated rings. The van der Waals surface area contributed by atoms with Gasteiger partial charge >= 0.3 is 5.97 Å². The minimum Gasteiger partial charge on any atom is -0.491 e. The van der Waals surface area contributed by atoms with Crippen LogP contribution in [0.4, 0.5) is 0 Å². The first kappa shape index (κ1) is 17.5. The summed E-state index contributed by atoms with van der Waals surface area (Å²) in [5, 5.41) is 9.72. The third-order valence-corrected chi connectivity index (χ3v) is 3.05. The number of esters is 1. The van der Waals surface area contributed by atoms with Crippen molar-refractivity contribution in [2.24, 2.45) is 5.92 Å². The molecule has 0 spiro atoms. The van der Waals surface area contributed by atoms with Crippen molar-refractivity contribution in [3.05, 3.63) is 29.8 Å². The number of carbonyl (C=O) groups excluding carboxylic acids is 1. The van der Waals surface area contributed by atoms with Gasteiger partial charge in [0.15, 0.2) is 0 Å². The van der Waals surface area contributed by atoms with Crippen LogP contribution in [-0.2, 0) is 14.9 Å². The van der Waals surface area contributed by atoms with E-state index >= 15 is 0 Å². The van der Waals surface area contributed by atoms with Gasteiger partial charge in [0.05, 0.1) is 5.92 Å². The number of rotatable bonds is 6. The molecule has 0 radical (unpaired) electrons. The summed E-state index contributed by atoms with van der Waals surface area (Å²) in [6.07, 6.45) is -0.824. The summed E-state index contributed by atoms with van der Waals surface area (Å²) >= 11 is 0. The minimum atomic E-state index is -0.824. The highest BCUT2D eigenvalue weighted by Gasteiger charge is 2.14. The Morgan fingerprint density at radius 1 is 1.14 bits per heavy atom. The molecule has 0 saturated heterocycles. The minimum absolute atomic E-state index is 0.0446. The van der Waals surface area contributed by atoms with Crippen LogP contribution in [0.15, 0.2) is 24.3 Å². The topological polar surface area (TPSA) is 55.8 Å². The van der Waals surface area contributed by atoms with Crippen LogP contribution in [-0.4, -0.2) is 30.4 Å². The van der Waals surface area contributed by atoms with Crippen molar-refractivity contribution in [3.8, 4) is 5.75 Å². The molecule has 1 aromatic carbocycles. The van der Waals surface area contributed by atoms with Crippen LogP contribution >= 0.6 is 0 Å². The number of aliphatic hydroxyl groups excluding tert-OH is 1. The van der Waals surface area contributed by atoms with Gasteiger partial charge < -0.3 is 14.6 Å². The smallest absolute Gasteiger partial charge is 0.308 e. The first-order chi connectivity index (χ1) is 9.70. The third kappa shape index (κ3) is 6.17. The average Bonchev–Trinajstić information content (AvgIpc) is 2.41. The van der Waals surface area contributed by atoms with Crippen molar-refractivity contribution in [1.82, 2.24) is 0 Å². The van der Waals surface area contributed by atoms with Crippen molar-refractivity contribution < 1.29 is 19.4 Å². The van der Waals surface area contributed by atoms with Gasteiger partial charge in [-0.15, -0.1) is 0 Å². The normalized spacial score (nSPS) is 13.1. The molecule has 0 heterocycles. The maximum atomic E-state index is 11.3. The standard InChI is InChI=1S/C17H26O4/c1-12(2)16(19)21-11-14(18)10-20-15-8-6-13(7-9-15)17(3,4)5/h6-9,12,14,18H,10-11H2,1-5H3. The summed E-state index contributed by atoms with van der Waals surface area (Å²) in [7, 11) is 0. The Hall–Kier alpha value is -1.55. The number of aliphatic hydroxyl groups is 1. The number of ether oxygens (including phenoxy) is 2. The highest BCUT2D eigenvalue weighted by atomic mass is 16.5. The van der Waals surface area contributed by atoms with E-state index in [1.807, 2.05) is 24.3 Å². The van der Waals surface area contributed by atoms with Crippen molar-refractivity contribution in [1.29, 1.82) is 0 Å². The van der Waals surface area contributed by atoms with Crippen LogP contribution < -0.4 is 4.74 Å². The van der Waals surface area contributed by atoms with Crippen LogP contribution in [0.5, 0.6) is 5.75 Å². The molecule has 118 valence electrons. The van der Waals surface area contributed by atoms with E-state index < -0.39 is 6.10 Å². The zero-order chi connectivity index (χ0) is 16.0. The van der Waals surface area contributed by atoms with E-state index in [2.05, 4.69) is 20.8 Å². The molecule has 0 aliphatic rings. The van der Waals surface area contributed by atoms with E-state index in [4.69, 9.17) is 9.47 Å². The number of benzene rings is 1. The maximum absolute atomic E-state index is 11.3. The van der Waals surface area contributed by atoms with Crippen LogP contribution in [0.2, 0.25) is 0 Å². The van der Waals surface area contributed by atoms with Crippen molar-refractivity contribution in [2.45, 2.75) is 46.1 Å². The monoisotopic (exact) mass is 294 g/mol. The van der Waals surface area contributed by atoms with Gasteiger partial charge in [-0.2, -0.15) is 0 Å². The molecule has 1 unspecified atom stereocenters. The highest BCUT2D eigenvalue weighted by molar-refractivity contribution is 5.71. The van der Waals surface area contributed by atoms with E-state index in [1.165, 1.54) is 5.56 Å². The van der Waals surface area contributed by atoms with Crippen LogP contribution in [0.3, 0.4) is 0 Å². The molecule has 1 aromatic rings. The molecule has 0 aliphatic heterocycles. The average molecular weight is 294 g/mol. The predicted octanol–water partition coefficient (Wildman–Crippen LogP) is 2.92. The lowest BCUT2D eigenvalue weighted by molar-refractivity contribution is -0.150. The first-order valence-electron chi connectivity index (χ1n) is 7.28. The van der Waals surface area contributed by atoms with E-state index in [-0.39, 0.29) is 30.5 Å². The molecule has 4 heteroatoms. The molecule has 0 amide bonds. The van der Waals surface area contributed by atoms with E-state index in [0.29, 0.717) is 5.75 Å². The molecule has 1 N–H and O–H groups in total. The molecule has 21 heavy (non-hydrogen) atoms. The second kappa shape index (κ2) is 7.46. The summed E-state index contributed by atoms with van der Waals surface area (Å²) in [4.78, 5) is 11.3. The maximum Gasteiger partial charge on any atom is 0.308 e. The van der Waals surface area contributed by atoms with Gasteiger partial charge in [0.25, 0.3) is 0 Å². The van der Waals surface area contributed by atoms with Gasteiger partial charge in [0, 0.05) is 0 Å². The molecular weight excluding hydrogens is 268 g/mol. The first-order valence-corrected chi connectivity index (χ1v) is 7.28. The Balaban J connectivity index is 2.39. The quantitative estimate of drug-likeness (QED) is 0.820. The number of hydrogen-bond acceptors (Lipinski definition) is 4. The largest absolute Gasteiger partial charge is 0.491 e. The molecule has 1 atom stereocenters. The molecular formula is C17H26O4. The third-order valence-electron chi connectivity index (χ3n) is 3.05.